The molecule has 1 saturated heterocycles. The summed E-state index contributed by atoms with van der Waals surface area (Å²) in [7, 11) is -5.06. The molecule has 0 amide bonds. The van der Waals surface area contributed by atoms with Gasteiger partial charge in [0.05, 0.1) is 19.8 Å². The molecule has 4 N–H and O–H groups in total. The number of aliphatic hydroxyl groups excluding tert-OH is 3. The van der Waals surface area contributed by atoms with E-state index in [1.165, 1.54) is 96.3 Å². The van der Waals surface area contributed by atoms with Crippen molar-refractivity contribution < 1.29 is 56.2 Å². The third-order valence-electron chi connectivity index (χ3n) is 10.3. The zero-order chi connectivity index (χ0) is 41.8. The van der Waals surface area contributed by atoms with Gasteiger partial charge in [0.25, 0.3) is 0 Å². The van der Waals surface area contributed by atoms with Gasteiger partial charge >= 0.3 is 16.4 Å². The highest BCUT2D eigenvalue weighted by Gasteiger charge is 2.48. The molecule has 6 atom stereocenters. The van der Waals surface area contributed by atoms with Crippen molar-refractivity contribution in [2.24, 2.45) is 0 Å². The first-order chi connectivity index (χ1) is 27.6. The van der Waals surface area contributed by atoms with E-state index >= 15 is 0 Å². The molecule has 1 fully saturated rings. The third kappa shape index (κ3) is 30.3. The first-order valence-electron chi connectivity index (χ1n) is 22.6. The summed E-state index contributed by atoms with van der Waals surface area (Å²) in [4.78, 5) is 12.8. The fourth-order valence-electron chi connectivity index (χ4n) is 6.89. The van der Waals surface area contributed by atoms with Crippen molar-refractivity contribution in [3.8, 4) is 0 Å². The lowest BCUT2D eigenvalue weighted by Crippen LogP contribution is -2.60. The molecule has 57 heavy (non-hydrogen) atoms. The van der Waals surface area contributed by atoms with Crippen LogP contribution in [0.3, 0.4) is 0 Å². The summed E-state index contributed by atoms with van der Waals surface area (Å²) >= 11 is 0. The number of aliphatic hydroxyl groups is 3. The lowest BCUT2D eigenvalue weighted by Gasteiger charge is -2.41. The summed E-state index contributed by atoms with van der Waals surface area (Å²) in [5, 5.41) is 30.6. The molecule has 0 spiro atoms. The van der Waals surface area contributed by atoms with E-state index in [9.17, 15) is 28.5 Å². The molecule has 1 aliphatic heterocycles. The van der Waals surface area contributed by atoms with Gasteiger partial charge in [-0.2, -0.15) is 8.42 Å². The van der Waals surface area contributed by atoms with E-state index in [4.69, 9.17) is 23.5 Å². The zero-order valence-electron chi connectivity index (χ0n) is 35.7. The van der Waals surface area contributed by atoms with Gasteiger partial charge in [-0.15, -0.1) is 0 Å². The summed E-state index contributed by atoms with van der Waals surface area (Å²) in [5.41, 5.74) is 0. The molecule has 0 aromatic heterocycles. The van der Waals surface area contributed by atoms with E-state index in [2.05, 4.69) is 42.3 Å². The van der Waals surface area contributed by atoms with Crippen molar-refractivity contribution in [1.82, 2.24) is 0 Å². The van der Waals surface area contributed by atoms with Crippen molar-refractivity contribution in [1.29, 1.82) is 0 Å². The summed E-state index contributed by atoms with van der Waals surface area (Å²) in [5.74, 6) is -0.401. The van der Waals surface area contributed by atoms with Crippen LogP contribution in [-0.4, -0.2) is 97.5 Å². The molecule has 12 nitrogen and oxygen atoms in total. The maximum atomic E-state index is 12.8. The highest BCUT2D eigenvalue weighted by Crippen LogP contribution is 2.26. The van der Waals surface area contributed by atoms with Crippen LogP contribution in [0.25, 0.3) is 0 Å². The number of carbonyl (C=O) groups is 1. The summed E-state index contributed by atoms with van der Waals surface area (Å²) in [6.07, 6.45) is 30.6. The minimum Gasteiger partial charge on any atom is -0.457 e. The molecule has 0 saturated carbocycles. The molecule has 0 bridgehead atoms. The Morgan fingerprint density at radius 3 is 1.74 bits per heavy atom. The second-order valence-electron chi connectivity index (χ2n) is 15.6. The summed E-state index contributed by atoms with van der Waals surface area (Å²) in [6, 6.07) is 0. The van der Waals surface area contributed by atoms with Gasteiger partial charge in [0.15, 0.2) is 6.29 Å². The van der Waals surface area contributed by atoms with Crippen molar-refractivity contribution in [2.75, 3.05) is 26.4 Å². The van der Waals surface area contributed by atoms with Gasteiger partial charge in [0.1, 0.15) is 30.5 Å². The monoisotopic (exact) mass is 835 g/mol. The number of rotatable bonds is 39. The number of hydrogen-bond acceptors (Lipinski definition) is 11. The molecular formula is C44H82O12S. The molecule has 13 heteroatoms. The number of esters is 1. The number of unbranched alkanes of at least 4 members (excludes halogenated alkanes) is 22. The Bertz CT molecular complexity index is 1100. The van der Waals surface area contributed by atoms with E-state index in [-0.39, 0.29) is 19.6 Å². The normalized spacial score (nSPS) is 20.8. The molecule has 0 aliphatic carbocycles. The summed E-state index contributed by atoms with van der Waals surface area (Å²) in [6.45, 7) is 3.92. The van der Waals surface area contributed by atoms with Gasteiger partial charge < -0.3 is 34.3 Å². The zero-order valence-corrected chi connectivity index (χ0v) is 36.5. The van der Waals surface area contributed by atoms with Gasteiger partial charge in [-0.05, 0) is 38.5 Å². The largest absolute Gasteiger partial charge is 0.457 e. The second kappa shape index (κ2) is 36.4. The average molecular weight is 835 g/mol. The fraction of sp³-hybridized carbons (Fsp3) is 0.886. The SMILES string of the molecule is CCC/C=C\C/C=C\CCCCCCCCOCC(COC1OC(CO)C(O)C(OS(=O)(=O)O)C1O)OC(=O)CCCCCCCCCCCCCCCCCC. The average Bonchev–Trinajstić information content (AvgIpc) is 3.18. The van der Waals surface area contributed by atoms with Gasteiger partial charge in [-0.3, -0.25) is 9.35 Å². The Labute approximate surface area is 346 Å². The van der Waals surface area contributed by atoms with E-state index in [1.54, 1.807) is 0 Å². The van der Waals surface area contributed by atoms with Crippen LogP contribution in [0.1, 0.15) is 187 Å². The highest BCUT2D eigenvalue weighted by atomic mass is 32.3. The van der Waals surface area contributed by atoms with E-state index < -0.39 is 59.8 Å². The van der Waals surface area contributed by atoms with Crippen molar-refractivity contribution >= 4 is 16.4 Å². The number of hydrogen-bond donors (Lipinski definition) is 4. The third-order valence-corrected chi connectivity index (χ3v) is 10.8. The highest BCUT2D eigenvalue weighted by molar-refractivity contribution is 7.80. The fourth-order valence-corrected chi connectivity index (χ4v) is 7.40. The standard InChI is InChI=1S/C44H82O12S/c1-3-5-7-9-11-13-15-17-19-20-21-23-25-27-29-31-33-40(46)54-38(36-52-34-32-30-28-26-24-22-18-16-14-12-10-8-6-4-2)37-53-44-42(48)43(56-57(49,50)51)41(47)39(35-45)55-44/h8,10,14,16,38-39,41-45,47-48H,3-7,9,11-13,15,17-37H2,1-2H3,(H,49,50,51)/b10-8-,16-14-. The smallest absolute Gasteiger partial charge is 0.397 e. The number of carbonyl (C=O) groups excluding carboxylic acids is 1. The van der Waals surface area contributed by atoms with Gasteiger partial charge in [0.2, 0.25) is 0 Å². The molecule has 6 unspecified atom stereocenters. The number of ether oxygens (including phenoxy) is 4. The van der Waals surface area contributed by atoms with Crippen LogP contribution in [0.5, 0.6) is 0 Å². The van der Waals surface area contributed by atoms with Crippen LogP contribution in [0, 0.1) is 0 Å². The quantitative estimate of drug-likeness (QED) is 0.0200. The van der Waals surface area contributed by atoms with Gasteiger partial charge in [-0.25, -0.2) is 4.18 Å². The second-order valence-corrected chi connectivity index (χ2v) is 16.7. The van der Waals surface area contributed by atoms with Crippen LogP contribution in [0.15, 0.2) is 24.3 Å². The van der Waals surface area contributed by atoms with Crippen molar-refractivity contribution in [3.05, 3.63) is 24.3 Å². The lowest BCUT2D eigenvalue weighted by atomic mass is 9.99. The minimum atomic E-state index is -5.06. The number of allylic oxidation sites excluding steroid dienone is 4. The van der Waals surface area contributed by atoms with Gasteiger partial charge in [-0.1, -0.05) is 167 Å². The van der Waals surface area contributed by atoms with Crippen molar-refractivity contribution in [2.45, 2.75) is 224 Å². The predicted octanol–water partition coefficient (Wildman–Crippen LogP) is 9.24. The molecule has 336 valence electrons. The van der Waals surface area contributed by atoms with Crippen LogP contribution < -0.4 is 0 Å². The maximum absolute atomic E-state index is 12.8. The minimum absolute atomic E-state index is 0.0322. The Hall–Kier alpha value is -1.42. The molecule has 0 aromatic carbocycles. The molecule has 1 rings (SSSR count). The Morgan fingerprint density at radius 2 is 1.19 bits per heavy atom. The Balaban J connectivity index is 2.43. The molecular weight excluding hydrogens is 753 g/mol. The maximum Gasteiger partial charge on any atom is 0.397 e. The first-order valence-corrected chi connectivity index (χ1v) is 24.0. The molecule has 0 radical (unpaired) electrons. The molecule has 0 aromatic rings. The lowest BCUT2D eigenvalue weighted by molar-refractivity contribution is -0.301. The van der Waals surface area contributed by atoms with E-state index in [1.807, 2.05) is 0 Å². The van der Waals surface area contributed by atoms with Gasteiger partial charge in [0, 0.05) is 13.0 Å². The molecule has 1 aliphatic rings. The predicted molar refractivity (Wildman–Crippen MR) is 225 cm³/mol. The Kier molecular flexibility index (Phi) is 34.3. The van der Waals surface area contributed by atoms with Crippen LogP contribution in [-0.2, 0) is 38.3 Å². The Morgan fingerprint density at radius 1 is 0.667 bits per heavy atom. The molecule has 1 heterocycles. The first kappa shape index (κ1) is 53.6. The van der Waals surface area contributed by atoms with Crippen LogP contribution in [0.2, 0.25) is 0 Å². The van der Waals surface area contributed by atoms with Crippen LogP contribution >= 0.6 is 0 Å². The van der Waals surface area contributed by atoms with Crippen LogP contribution in [0.4, 0.5) is 0 Å². The van der Waals surface area contributed by atoms with Crippen molar-refractivity contribution in [3.63, 3.8) is 0 Å². The van der Waals surface area contributed by atoms with E-state index in [0.717, 1.165) is 64.2 Å². The summed E-state index contributed by atoms with van der Waals surface area (Å²) < 4.78 is 59.0. The topological polar surface area (TPSA) is 178 Å². The van der Waals surface area contributed by atoms with E-state index in [0.29, 0.717) is 13.0 Å².